The number of fused-ring (bicyclic) bond motifs is 2. The molecule has 0 spiro atoms. The van der Waals surface area contributed by atoms with Crippen molar-refractivity contribution in [2.24, 2.45) is 29.6 Å². The summed E-state index contributed by atoms with van der Waals surface area (Å²) in [7, 11) is 6.92. The first kappa shape index (κ1) is 44.5. The fourth-order valence-electron chi connectivity index (χ4n) is 9.86. The molecule has 13 nitrogen and oxygen atoms in total. The Kier molecular flexibility index (Phi) is 16.0. The molecular weight excluding hydrogens is 700 g/mol. The van der Waals surface area contributed by atoms with Crippen LogP contribution in [0.1, 0.15) is 85.6 Å². The summed E-state index contributed by atoms with van der Waals surface area (Å²) in [4.78, 5) is 61.6. The Balaban J connectivity index is 1.45. The zero-order valence-corrected chi connectivity index (χ0v) is 35.0. The third kappa shape index (κ3) is 10.0. The van der Waals surface area contributed by atoms with Crippen LogP contribution in [-0.2, 0) is 35.1 Å². The van der Waals surface area contributed by atoms with Crippen molar-refractivity contribution in [2.45, 2.75) is 135 Å². The maximum absolute atomic E-state index is 14.4. The number of nitrogen functional groups attached to an aromatic ring is 1. The molecule has 3 aliphatic rings. The number of likely N-dealkylation sites (tertiary alicyclic amines) is 2. The van der Waals surface area contributed by atoms with Crippen molar-refractivity contribution in [3.8, 4) is 0 Å². The van der Waals surface area contributed by atoms with Gasteiger partial charge in [0.25, 0.3) is 0 Å². The van der Waals surface area contributed by atoms with E-state index >= 15 is 0 Å². The zero-order valence-electron chi connectivity index (χ0n) is 35.0. The summed E-state index contributed by atoms with van der Waals surface area (Å²) in [5.74, 6) is -0.727. The number of carbonyl (C=O) groups excluding carboxylic acids is 4. The minimum absolute atomic E-state index is 0.00984. The summed E-state index contributed by atoms with van der Waals surface area (Å²) < 4.78 is 12.0. The standard InChI is InChI=1S/C42H70N6O7/c1-11-25(4)37(47(8)42(53)36(24(2)3)45-41(52)38-31-17-18-32(26(31)5)46(38)7)34(54-9)22-35(50)48-19-13-16-33(48)39(55-10)27(6)40(51)44-30(23-49)21-28-14-12-15-29(43)20-28/h12,14-15,20,24-27,30-34,36-39,49H,11,13,16-19,21-23,43H2,1-10H3,(H,44,51)(H,45,52)/t25-,26-,27+,30-,31-,32-,33-,34+,36-,37-,38-,39+/m0/s1. The number of aliphatic hydroxyl groups excluding tert-OH is 1. The first-order valence-electron chi connectivity index (χ1n) is 20.5. The largest absolute Gasteiger partial charge is 0.399 e. The highest BCUT2D eigenvalue weighted by Crippen LogP contribution is 2.46. The third-order valence-electron chi connectivity index (χ3n) is 13.2. The molecule has 2 aliphatic heterocycles. The molecule has 1 aromatic rings. The van der Waals surface area contributed by atoms with Gasteiger partial charge in [0.05, 0.1) is 55.3 Å². The Hall–Kier alpha value is -3.26. The fraction of sp³-hybridized carbons (Fsp3) is 0.762. The predicted octanol–water partition coefficient (Wildman–Crippen LogP) is 3.08. The van der Waals surface area contributed by atoms with E-state index in [9.17, 15) is 24.3 Å². The van der Waals surface area contributed by atoms with Gasteiger partial charge >= 0.3 is 0 Å². The van der Waals surface area contributed by atoms with Gasteiger partial charge in [-0.2, -0.15) is 0 Å². The van der Waals surface area contributed by atoms with Gasteiger partial charge in [-0.15, -0.1) is 0 Å². The highest BCUT2D eigenvalue weighted by molar-refractivity contribution is 5.90. The number of methoxy groups -OCH3 is 2. The number of piperidine rings is 1. The summed E-state index contributed by atoms with van der Waals surface area (Å²) in [6, 6.07) is 5.49. The summed E-state index contributed by atoms with van der Waals surface area (Å²) in [5, 5.41) is 16.2. The third-order valence-corrected chi connectivity index (χ3v) is 13.2. The number of anilines is 1. The highest BCUT2D eigenvalue weighted by atomic mass is 16.5. The number of aliphatic hydroxyl groups is 1. The molecule has 1 saturated carbocycles. The van der Waals surface area contributed by atoms with Crippen molar-refractivity contribution in [2.75, 3.05) is 47.2 Å². The SMILES string of the molecule is CC[C@H](C)[C@@H]([C@@H](CC(=O)N1CCC[C@H]1[C@H](OC)[C@@H](C)C(=O)N[C@H](CO)Cc1cccc(N)c1)OC)N(C)C(=O)[C@@H](NC(=O)[C@@H]1[C@H]2CC[C@@H]([C@H]2C)N1C)C(C)C. The number of nitrogens with zero attached hydrogens (tertiary/aromatic N) is 3. The number of hydrogen-bond donors (Lipinski definition) is 4. The lowest BCUT2D eigenvalue weighted by Crippen LogP contribution is -2.60. The minimum atomic E-state index is -0.727. The van der Waals surface area contributed by atoms with E-state index < -0.39 is 36.3 Å². The van der Waals surface area contributed by atoms with Gasteiger partial charge in [-0.05, 0) is 80.5 Å². The molecule has 1 aromatic carbocycles. The second-order valence-corrected chi connectivity index (χ2v) is 16.9. The maximum atomic E-state index is 14.4. The number of likely N-dealkylation sites (N-methyl/N-ethyl adjacent to an activating group) is 2. The van der Waals surface area contributed by atoms with Crippen LogP contribution in [0.4, 0.5) is 5.69 Å². The van der Waals surface area contributed by atoms with Crippen molar-refractivity contribution >= 4 is 29.3 Å². The molecule has 310 valence electrons. The first-order chi connectivity index (χ1) is 26.1. The van der Waals surface area contributed by atoms with Crippen LogP contribution in [0.5, 0.6) is 0 Å². The molecule has 12 atom stereocenters. The lowest BCUT2D eigenvalue weighted by molar-refractivity contribution is -0.148. The molecule has 13 heteroatoms. The molecule has 4 rings (SSSR count). The van der Waals surface area contributed by atoms with Gasteiger partial charge in [-0.1, -0.05) is 60.1 Å². The van der Waals surface area contributed by atoms with Gasteiger partial charge < -0.3 is 40.7 Å². The van der Waals surface area contributed by atoms with E-state index in [1.807, 2.05) is 39.1 Å². The number of amides is 4. The molecule has 2 saturated heterocycles. The molecule has 2 heterocycles. The predicted molar refractivity (Wildman–Crippen MR) is 214 cm³/mol. The van der Waals surface area contributed by atoms with Gasteiger partial charge in [-0.3, -0.25) is 24.1 Å². The van der Waals surface area contributed by atoms with Gasteiger partial charge in [0.2, 0.25) is 23.6 Å². The molecule has 0 radical (unpaired) electrons. The number of benzene rings is 1. The van der Waals surface area contributed by atoms with Crippen LogP contribution in [0.2, 0.25) is 0 Å². The molecule has 5 N–H and O–H groups in total. The number of ether oxygens (including phenoxy) is 2. The van der Waals surface area contributed by atoms with Crippen LogP contribution >= 0.6 is 0 Å². The Morgan fingerprint density at radius 3 is 2.33 bits per heavy atom. The monoisotopic (exact) mass is 771 g/mol. The van der Waals surface area contributed by atoms with Gasteiger partial charge in [-0.25, -0.2) is 0 Å². The average molecular weight is 771 g/mol. The lowest BCUT2D eigenvalue weighted by Gasteiger charge is -2.41. The molecule has 0 aromatic heterocycles. The van der Waals surface area contributed by atoms with Crippen LogP contribution in [0.25, 0.3) is 0 Å². The summed E-state index contributed by atoms with van der Waals surface area (Å²) in [6.07, 6.45) is 3.57. The number of carbonyl (C=O) groups is 4. The van der Waals surface area contributed by atoms with Crippen molar-refractivity contribution in [1.82, 2.24) is 25.3 Å². The van der Waals surface area contributed by atoms with Gasteiger partial charge in [0.15, 0.2) is 0 Å². The Morgan fingerprint density at radius 1 is 1.05 bits per heavy atom. The second kappa shape index (κ2) is 19.7. The zero-order chi connectivity index (χ0) is 40.7. The summed E-state index contributed by atoms with van der Waals surface area (Å²) in [5.41, 5.74) is 7.45. The van der Waals surface area contributed by atoms with Crippen molar-refractivity contribution in [3.05, 3.63) is 29.8 Å². The average Bonchev–Trinajstić information content (AvgIpc) is 3.85. The molecule has 4 amide bonds. The van der Waals surface area contributed by atoms with Gasteiger partial charge in [0, 0.05) is 39.5 Å². The topological polar surface area (TPSA) is 167 Å². The molecular formula is C42H70N6O7. The lowest BCUT2D eigenvalue weighted by atomic mass is 9.89. The van der Waals surface area contributed by atoms with E-state index in [1.54, 1.807) is 44.1 Å². The van der Waals surface area contributed by atoms with E-state index in [0.29, 0.717) is 37.0 Å². The van der Waals surface area contributed by atoms with Crippen molar-refractivity contribution in [1.29, 1.82) is 0 Å². The van der Waals surface area contributed by atoms with Gasteiger partial charge in [0.1, 0.15) is 6.04 Å². The number of nitrogens with two attached hydrogens (primary N) is 1. The van der Waals surface area contributed by atoms with E-state index in [0.717, 1.165) is 31.2 Å². The van der Waals surface area contributed by atoms with Crippen LogP contribution < -0.4 is 16.4 Å². The highest BCUT2D eigenvalue weighted by Gasteiger charge is 2.53. The maximum Gasteiger partial charge on any atom is 0.245 e. The minimum Gasteiger partial charge on any atom is -0.399 e. The Bertz CT molecular complexity index is 1460. The van der Waals surface area contributed by atoms with Crippen LogP contribution in [0.3, 0.4) is 0 Å². The Labute approximate surface area is 329 Å². The normalized spacial score (nSPS) is 26.3. The van der Waals surface area contributed by atoms with E-state index in [-0.39, 0.29) is 66.5 Å². The quantitative estimate of drug-likeness (QED) is 0.155. The first-order valence-corrected chi connectivity index (χ1v) is 20.5. The van der Waals surface area contributed by atoms with Crippen molar-refractivity contribution < 1.29 is 33.8 Å². The fourth-order valence-corrected chi connectivity index (χ4v) is 9.86. The molecule has 3 fully saturated rings. The van der Waals surface area contributed by atoms with Crippen LogP contribution in [0, 0.1) is 29.6 Å². The molecule has 0 unspecified atom stereocenters. The molecule has 2 bridgehead atoms. The number of nitrogens with one attached hydrogen (secondary N) is 2. The molecule has 55 heavy (non-hydrogen) atoms. The van der Waals surface area contributed by atoms with E-state index in [1.165, 1.54) is 0 Å². The summed E-state index contributed by atoms with van der Waals surface area (Å²) in [6.45, 7) is 12.3. The van der Waals surface area contributed by atoms with E-state index in [4.69, 9.17) is 15.2 Å². The van der Waals surface area contributed by atoms with Crippen LogP contribution in [-0.4, -0.2) is 133 Å². The van der Waals surface area contributed by atoms with Crippen molar-refractivity contribution in [3.63, 3.8) is 0 Å². The Morgan fingerprint density at radius 2 is 1.76 bits per heavy atom. The van der Waals surface area contributed by atoms with E-state index in [2.05, 4.69) is 36.3 Å². The molecule has 1 aliphatic carbocycles. The summed E-state index contributed by atoms with van der Waals surface area (Å²) >= 11 is 0. The number of hydrogen-bond acceptors (Lipinski definition) is 9. The number of rotatable bonds is 19. The smallest absolute Gasteiger partial charge is 0.245 e. The van der Waals surface area contributed by atoms with Crippen LogP contribution in [0.15, 0.2) is 24.3 Å². The second-order valence-electron chi connectivity index (χ2n) is 16.9.